The lowest BCUT2D eigenvalue weighted by atomic mass is 10.2. The van der Waals surface area contributed by atoms with Gasteiger partial charge in [-0.1, -0.05) is 6.92 Å². The SMILES string of the molecule is CCC(=O)CC(=O)OCCC#N. The Labute approximate surface area is 71.1 Å². The number of esters is 1. The highest BCUT2D eigenvalue weighted by Gasteiger charge is 2.07. The first-order valence-corrected chi connectivity index (χ1v) is 3.75. The third-order valence-electron chi connectivity index (χ3n) is 1.21. The maximum atomic E-state index is 10.7. The van der Waals surface area contributed by atoms with E-state index in [0.717, 1.165) is 0 Å². The van der Waals surface area contributed by atoms with E-state index in [-0.39, 0.29) is 25.2 Å². The maximum absolute atomic E-state index is 10.7. The Morgan fingerprint density at radius 3 is 2.67 bits per heavy atom. The Bertz CT molecular complexity index is 205. The van der Waals surface area contributed by atoms with E-state index in [1.54, 1.807) is 6.92 Å². The van der Waals surface area contributed by atoms with Crippen LogP contribution in [0.5, 0.6) is 0 Å². The number of ether oxygens (including phenoxy) is 1. The fourth-order valence-electron chi connectivity index (χ4n) is 0.548. The van der Waals surface area contributed by atoms with E-state index in [2.05, 4.69) is 4.74 Å². The molecule has 0 fully saturated rings. The van der Waals surface area contributed by atoms with Crippen LogP contribution in [0.3, 0.4) is 0 Å². The van der Waals surface area contributed by atoms with Crippen molar-refractivity contribution in [1.82, 2.24) is 0 Å². The van der Waals surface area contributed by atoms with E-state index >= 15 is 0 Å². The summed E-state index contributed by atoms with van der Waals surface area (Å²) in [6.45, 7) is 1.76. The minimum Gasteiger partial charge on any atom is -0.464 e. The van der Waals surface area contributed by atoms with Gasteiger partial charge in [0.25, 0.3) is 0 Å². The monoisotopic (exact) mass is 169 g/mol. The summed E-state index contributed by atoms with van der Waals surface area (Å²) < 4.78 is 4.57. The molecular formula is C8H11NO3. The Morgan fingerprint density at radius 1 is 1.50 bits per heavy atom. The van der Waals surface area contributed by atoms with E-state index in [1.165, 1.54) is 0 Å². The van der Waals surface area contributed by atoms with Crippen LogP contribution < -0.4 is 0 Å². The summed E-state index contributed by atoms with van der Waals surface area (Å²) in [5.41, 5.74) is 0. The number of ketones is 1. The van der Waals surface area contributed by atoms with Gasteiger partial charge in [0.2, 0.25) is 0 Å². The summed E-state index contributed by atoms with van der Waals surface area (Å²) in [5, 5.41) is 8.10. The van der Waals surface area contributed by atoms with Crippen molar-refractivity contribution in [3.05, 3.63) is 0 Å². The van der Waals surface area contributed by atoms with Crippen LogP contribution in [0.2, 0.25) is 0 Å². The van der Waals surface area contributed by atoms with Gasteiger partial charge >= 0.3 is 5.97 Å². The summed E-state index contributed by atoms with van der Waals surface area (Å²) in [4.78, 5) is 21.4. The smallest absolute Gasteiger partial charge is 0.313 e. The molecule has 0 aromatic rings. The molecule has 0 saturated heterocycles. The van der Waals surface area contributed by atoms with Crippen molar-refractivity contribution < 1.29 is 14.3 Å². The number of rotatable bonds is 5. The second kappa shape index (κ2) is 6.35. The molecule has 0 heterocycles. The highest BCUT2D eigenvalue weighted by atomic mass is 16.5. The molecule has 0 aliphatic heterocycles. The van der Waals surface area contributed by atoms with Crippen molar-refractivity contribution in [2.45, 2.75) is 26.2 Å². The predicted octanol–water partition coefficient (Wildman–Crippen LogP) is 0.812. The first kappa shape index (κ1) is 10.6. The summed E-state index contributed by atoms with van der Waals surface area (Å²) in [7, 11) is 0. The molecule has 0 radical (unpaired) electrons. The van der Waals surface area contributed by atoms with Crippen molar-refractivity contribution >= 4 is 11.8 Å². The lowest BCUT2D eigenvalue weighted by Gasteiger charge is -1.99. The van der Waals surface area contributed by atoms with Gasteiger partial charge in [-0.2, -0.15) is 5.26 Å². The lowest BCUT2D eigenvalue weighted by molar-refractivity contribution is -0.145. The van der Waals surface area contributed by atoms with Gasteiger partial charge in [-0.3, -0.25) is 9.59 Å². The zero-order valence-electron chi connectivity index (χ0n) is 7.00. The molecule has 0 N–H and O–H groups in total. The van der Waals surface area contributed by atoms with Gasteiger partial charge in [-0.05, 0) is 0 Å². The minimum atomic E-state index is -0.544. The molecule has 0 rings (SSSR count). The van der Waals surface area contributed by atoms with E-state index in [4.69, 9.17) is 5.26 Å². The van der Waals surface area contributed by atoms with Gasteiger partial charge in [0.1, 0.15) is 18.8 Å². The Hall–Kier alpha value is -1.37. The quantitative estimate of drug-likeness (QED) is 0.347. The molecule has 0 spiro atoms. The largest absolute Gasteiger partial charge is 0.464 e. The van der Waals surface area contributed by atoms with Crippen LogP contribution in [-0.2, 0) is 14.3 Å². The normalized spacial score (nSPS) is 8.67. The number of hydrogen-bond donors (Lipinski definition) is 0. The third kappa shape index (κ3) is 5.42. The Kier molecular flexibility index (Phi) is 5.62. The van der Waals surface area contributed by atoms with Gasteiger partial charge in [0, 0.05) is 6.42 Å². The fraction of sp³-hybridized carbons (Fsp3) is 0.625. The summed E-state index contributed by atoms with van der Waals surface area (Å²) in [5.74, 6) is -0.686. The van der Waals surface area contributed by atoms with Crippen molar-refractivity contribution in [2.75, 3.05) is 6.61 Å². The van der Waals surface area contributed by atoms with Crippen LogP contribution in [0, 0.1) is 11.3 Å². The number of nitriles is 1. The fourth-order valence-corrected chi connectivity index (χ4v) is 0.548. The molecule has 0 atom stereocenters. The first-order chi connectivity index (χ1) is 5.70. The van der Waals surface area contributed by atoms with Crippen LogP contribution in [0.25, 0.3) is 0 Å². The number of carbonyl (C=O) groups excluding carboxylic acids is 2. The molecule has 0 unspecified atom stereocenters. The van der Waals surface area contributed by atoms with Crippen LogP contribution in [0.1, 0.15) is 26.2 Å². The Balaban J connectivity index is 3.48. The average molecular weight is 169 g/mol. The van der Waals surface area contributed by atoms with Crippen LogP contribution >= 0.6 is 0 Å². The Morgan fingerprint density at radius 2 is 2.17 bits per heavy atom. The van der Waals surface area contributed by atoms with Gasteiger partial charge in [-0.25, -0.2) is 0 Å². The topological polar surface area (TPSA) is 67.2 Å². The van der Waals surface area contributed by atoms with Crippen LogP contribution in [-0.4, -0.2) is 18.4 Å². The standard InChI is InChI=1S/C8H11NO3/c1-2-7(10)6-8(11)12-5-3-4-9/h2-3,5-6H2,1H3. The van der Waals surface area contributed by atoms with Crippen molar-refractivity contribution in [3.63, 3.8) is 0 Å². The molecule has 0 aromatic carbocycles. The molecule has 12 heavy (non-hydrogen) atoms. The molecule has 4 nitrogen and oxygen atoms in total. The van der Waals surface area contributed by atoms with E-state index in [9.17, 15) is 9.59 Å². The second-order valence-corrected chi connectivity index (χ2v) is 2.20. The molecule has 0 saturated carbocycles. The molecule has 0 aliphatic rings. The summed E-state index contributed by atoms with van der Waals surface area (Å²) in [6.07, 6.45) is 0.335. The third-order valence-corrected chi connectivity index (χ3v) is 1.21. The molecule has 66 valence electrons. The lowest BCUT2D eigenvalue weighted by Crippen LogP contribution is -2.10. The van der Waals surface area contributed by atoms with E-state index in [0.29, 0.717) is 6.42 Å². The molecule has 0 aromatic heterocycles. The second-order valence-electron chi connectivity index (χ2n) is 2.20. The van der Waals surface area contributed by atoms with Gasteiger partial charge in [0.05, 0.1) is 12.5 Å². The van der Waals surface area contributed by atoms with Gasteiger partial charge in [-0.15, -0.1) is 0 Å². The van der Waals surface area contributed by atoms with Crippen LogP contribution in [0.4, 0.5) is 0 Å². The molecular weight excluding hydrogens is 158 g/mol. The number of carbonyl (C=O) groups is 2. The molecule has 0 bridgehead atoms. The highest BCUT2D eigenvalue weighted by molar-refractivity contribution is 5.95. The zero-order chi connectivity index (χ0) is 9.40. The van der Waals surface area contributed by atoms with Crippen molar-refractivity contribution in [2.24, 2.45) is 0 Å². The summed E-state index contributed by atoms with van der Waals surface area (Å²) >= 11 is 0. The molecule has 0 amide bonds. The van der Waals surface area contributed by atoms with Gasteiger partial charge in [0.15, 0.2) is 0 Å². The van der Waals surface area contributed by atoms with Crippen molar-refractivity contribution in [1.29, 1.82) is 5.26 Å². The number of hydrogen-bond acceptors (Lipinski definition) is 4. The number of nitrogens with zero attached hydrogens (tertiary/aromatic N) is 1. The van der Waals surface area contributed by atoms with E-state index < -0.39 is 5.97 Å². The molecule has 4 heteroatoms. The molecule has 0 aliphatic carbocycles. The van der Waals surface area contributed by atoms with Gasteiger partial charge < -0.3 is 4.74 Å². The number of Topliss-reactive ketones (excluding diaryl/α,β-unsaturated/α-hetero) is 1. The minimum absolute atomic E-state index is 0.0757. The first-order valence-electron chi connectivity index (χ1n) is 3.75. The summed E-state index contributed by atoms with van der Waals surface area (Å²) in [6, 6.07) is 1.83. The van der Waals surface area contributed by atoms with Crippen LogP contribution in [0.15, 0.2) is 0 Å². The maximum Gasteiger partial charge on any atom is 0.313 e. The average Bonchev–Trinajstić information content (AvgIpc) is 2.05. The highest BCUT2D eigenvalue weighted by Crippen LogP contribution is 1.92. The predicted molar refractivity (Wildman–Crippen MR) is 41.1 cm³/mol. The van der Waals surface area contributed by atoms with E-state index in [1.807, 2.05) is 6.07 Å². The van der Waals surface area contributed by atoms with Crippen molar-refractivity contribution in [3.8, 4) is 6.07 Å². The zero-order valence-corrected chi connectivity index (χ0v) is 7.00.